The van der Waals surface area contributed by atoms with Crippen molar-refractivity contribution >= 4 is 40.0 Å². The van der Waals surface area contributed by atoms with Crippen LogP contribution in [0.15, 0.2) is 36.5 Å². The quantitative estimate of drug-likeness (QED) is 0.578. The minimum absolute atomic E-state index is 0.0123. The van der Waals surface area contributed by atoms with Crippen LogP contribution in [-0.4, -0.2) is 44.7 Å². The Labute approximate surface area is 181 Å². The van der Waals surface area contributed by atoms with Gasteiger partial charge in [0.1, 0.15) is 11.9 Å². The lowest BCUT2D eigenvalue weighted by molar-refractivity contribution is -0.148. The molecule has 1 aliphatic rings. The lowest BCUT2D eigenvalue weighted by Crippen LogP contribution is -2.47. The highest BCUT2D eigenvalue weighted by atomic mass is 35.5. The molecule has 9 heteroatoms. The third kappa shape index (κ3) is 3.79. The van der Waals surface area contributed by atoms with Crippen LogP contribution in [0.2, 0.25) is 5.02 Å². The number of carbonyl (C=O) groups excluding carboxylic acids is 1. The number of hydrogen-bond acceptors (Lipinski definition) is 3. The van der Waals surface area contributed by atoms with Crippen molar-refractivity contribution in [2.75, 3.05) is 6.54 Å². The number of aromatic nitrogens is 2. The van der Waals surface area contributed by atoms with Crippen molar-refractivity contribution in [3.63, 3.8) is 0 Å². The van der Waals surface area contributed by atoms with Gasteiger partial charge in [-0.05, 0) is 42.2 Å². The maximum atomic E-state index is 14.4. The van der Waals surface area contributed by atoms with Gasteiger partial charge >= 0.3 is 5.97 Å². The molecule has 1 aromatic heterocycles. The number of carboxylic acids is 1. The molecule has 4 rings (SSSR count). The van der Waals surface area contributed by atoms with Crippen molar-refractivity contribution < 1.29 is 23.5 Å². The predicted octanol–water partition coefficient (Wildman–Crippen LogP) is 4.11. The average molecular weight is 446 g/mol. The number of fused-ring (bicyclic) bond motifs is 1. The summed E-state index contributed by atoms with van der Waals surface area (Å²) >= 11 is 5.75. The number of halogens is 3. The number of carbonyl (C=O) groups is 2. The summed E-state index contributed by atoms with van der Waals surface area (Å²) in [6.45, 7) is 1.87. The van der Waals surface area contributed by atoms with Crippen molar-refractivity contribution in [1.82, 2.24) is 15.1 Å². The lowest BCUT2D eigenvalue weighted by atomic mass is 9.94. The Bertz CT molecular complexity index is 1240. The monoisotopic (exact) mass is 445 g/mol. The van der Waals surface area contributed by atoms with E-state index in [-0.39, 0.29) is 35.5 Å². The maximum absolute atomic E-state index is 14.4. The van der Waals surface area contributed by atoms with E-state index in [9.17, 15) is 23.5 Å². The Balaban J connectivity index is 1.63. The van der Waals surface area contributed by atoms with E-state index in [1.807, 2.05) is 19.1 Å². The van der Waals surface area contributed by atoms with Gasteiger partial charge in [0.15, 0.2) is 5.82 Å². The summed E-state index contributed by atoms with van der Waals surface area (Å²) in [6.07, 6.45) is 2.95. The van der Waals surface area contributed by atoms with Gasteiger partial charge in [-0.3, -0.25) is 9.89 Å². The van der Waals surface area contributed by atoms with E-state index < -0.39 is 29.6 Å². The van der Waals surface area contributed by atoms with Gasteiger partial charge in [-0.2, -0.15) is 5.10 Å². The first-order chi connectivity index (χ1) is 14.8. The van der Waals surface area contributed by atoms with E-state index in [0.29, 0.717) is 0 Å². The Kier molecular flexibility index (Phi) is 5.49. The normalized spacial score (nSPS) is 15.3. The van der Waals surface area contributed by atoms with Gasteiger partial charge < -0.3 is 10.0 Å². The van der Waals surface area contributed by atoms with Crippen LogP contribution in [-0.2, 0) is 16.0 Å². The van der Waals surface area contributed by atoms with E-state index in [1.165, 1.54) is 4.90 Å². The van der Waals surface area contributed by atoms with Crippen molar-refractivity contribution in [1.29, 1.82) is 0 Å². The summed E-state index contributed by atoms with van der Waals surface area (Å²) in [5.74, 6) is -3.54. The fraction of sp³-hybridized carbons (Fsp3) is 0.227. The largest absolute Gasteiger partial charge is 0.480 e. The van der Waals surface area contributed by atoms with Crippen LogP contribution in [0.1, 0.15) is 23.1 Å². The number of H-pyrrole nitrogens is 1. The zero-order chi connectivity index (χ0) is 22.3. The van der Waals surface area contributed by atoms with Crippen LogP contribution >= 0.6 is 11.6 Å². The molecular formula is C22H18ClF2N3O3. The first-order valence-corrected chi connectivity index (χ1v) is 9.95. The minimum atomic E-state index is -1.16. The smallest absolute Gasteiger partial charge is 0.326 e. The summed E-state index contributed by atoms with van der Waals surface area (Å²) in [5, 5.41) is 17.3. The Hall–Kier alpha value is -3.26. The van der Waals surface area contributed by atoms with E-state index in [2.05, 4.69) is 10.2 Å². The van der Waals surface area contributed by atoms with Gasteiger partial charge in [-0.15, -0.1) is 0 Å². The molecule has 2 N–H and O–H groups in total. The van der Waals surface area contributed by atoms with E-state index >= 15 is 0 Å². The van der Waals surface area contributed by atoms with Crippen LogP contribution in [0.3, 0.4) is 0 Å². The second-order valence-electron chi connectivity index (χ2n) is 7.41. The lowest BCUT2D eigenvalue weighted by Gasteiger charge is -2.32. The van der Waals surface area contributed by atoms with Gasteiger partial charge in [0.2, 0.25) is 5.91 Å². The van der Waals surface area contributed by atoms with Crippen LogP contribution in [0, 0.1) is 18.6 Å². The number of amides is 1. The summed E-state index contributed by atoms with van der Waals surface area (Å²) in [7, 11) is 0. The van der Waals surface area contributed by atoms with Crippen molar-refractivity contribution in [3.8, 4) is 0 Å². The third-order valence-electron chi connectivity index (χ3n) is 5.63. The molecule has 0 fully saturated rings. The number of aliphatic carboxylic acids is 1. The fourth-order valence-electron chi connectivity index (χ4n) is 3.94. The zero-order valence-electron chi connectivity index (χ0n) is 16.5. The van der Waals surface area contributed by atoms with E-state index in [1.54, 1.807) is 6.20 Å². The molecule has 0 spiro atoms. The third-order valence-corrected chi connectivity index (χ3v) is 5.92. The predicted molar refractivity (Wildman–Crippen MR) is 112 cm³/mol. The Morgan fingerprint density at radius 2 is 2.10 bits per heavy atom. The van der Waals surface area contributed by atoms with Crippen LogP contribution < -0.4 is 0 Å². The molecule has 1 aliphatic heterocycles. The molecule has 31 heavy (non-hydrogen) atoms. The Morgan fingerprint density at radius 3 is 2.81 bits per heavy atom. The highest BCUT2D eigenvalue weighted by Crippen LogP contribution is 2.32. The summed E-state index contributed by atoms with van der Waals surface area (Å²) in [5.41, 5.74) is 2.22. The first kappa shape index (κ1) is 21.0. The molecule has 0 unspecified atom stereocenters. The number of aryl methyl sites for hydroxylation is 1. The second-order valence-corrected chi connectivity index (χ2v) is 7.82. The van der Waals surface area contributed by atoms with Crippen LogP contribution in [0.25, 0.3) is 16.5 Å². The molecule has 2 aromatic carbocycles. The molecule has 1 atom stereocenters. The number of benzene rings is 2. The second kappa shape index (κ2) is 8.11. The molecule has 1 amide bonds. The summed E-state index contributed by atoms with van der Waals surface area (Å²) in [4.78, 5) is 26.0. The van der Waals surface area contributed by atoms with Crippen molar-refractivity contribution in [2.24, 2.45) is 0 Å². The number of carboxylic acid groups (broad SMARTS) is 1. The topological polar surface area (TPSA) is 86.3 Å². The van der Waals surface area contributed by atoms with Crippen LogP contribution in [0.4, 0.5) is 8.78 Å². The molecule has 3 aromatic rings. The van der Waals surface area contributed by atoms with Gasteiger partial charge in [-0.1, -0.05) is 23.7 Å². The summed E-state index contributed by atoms with van der Waals surface area (Å²) < 4.78 is 28.5. The molecule has 160 valence electrons. The Morgan fingerprint density at radius 1 is 1.32 bits per heavy atom. The maximum Gasteiger partial charge on any atom is 0.326 e. The number of hydrogen-bond donors (Lipinski definition) is 2. The minimum Gasteiger partial charge on any atom is -0.480 e. The number of rotatable bonds is 5. The van der Waals surface area contributed by atoms with E-state index in [0.717, 1.165) is 40.2 Å². The van der Waals surface area contributed by atoms with Crippen molar-refractivity contribution in [2.45, 2.75) is 25.8 Å². The highest BCUT2D eigenvalue weighted by molar-refractivity contribution is 6.31. The highest BCUT2D eigenvalue weighted by Gasteiger charge is 2.33. The molecule has 2 heterocycles. The zero-order valence-corrected chi connectivity index (χ0v) is 17.2. The fourth-order valence-corrected chi connectivity index (χ4v) is 4.10. The van der Waals surface area contributed by atoms with E-state index in [4.69, 9.17) is 11.6 Å². The standard InChI is InChI=1S/C22H18ClF2N3O3/c1-11-12(2-3-14-10-26-27-21(11)14)8-17(22(30)31)28-7-6-13(9-18(28)29)19-16(24)5-4-15(23)20(19)25/h2-5,9-10,17H,6-8H2,1H3,(H,26,27)(H,30,31)/t17-/m0/s1. The summed E-state index contributed by atoms with van der Waals surface area (Å²) in [6, 6.07) is 4.66. The molecular weight excluding hydrogens is 428 g/mol. The van der Waals surface area contributed by atoms with Crippen LogP contribution in [0.5, 0.6) is 0 Å². The van der Waals surface area contributed by atoms with Gasteiger partial charge in [0.25, 0.3) is 0 Å². The molecule has 6 nitrogen and oxygen atoms in total. The van der Waals surface area contributed by atoms with Gasteiger partial charge in [0.05, 0.1) is 22.3 Å². The number of nitrogens with one attached hydrogen (secondary N) is 1. The first-order valence-electron chi connectivity index (χ1n) is 9.57. The number of nitrogens with zero attached hydrogens (tertiary/aromatic N) is 2. The average Bonchev–Trinajstić information content (AvgIpc) is 3.21. The van der Waals surface area contributed by atoms with Gasteiger partial charge in [-0.25, -0.2) is 13.6 Å². The molecule has 0 saturated carbocycles. The molecule has 0 bridgehead atoms. The number of aromatic amines is 1. The molecule has 0 aliphatic carbocycles. The molecule has 0 saturated heterocycles. The van der Waals surface area contributed by atoms with Gasteiger partial charge in [0, 0.05) is 24.4 Å². The van der Waals surface area contributed by atoms with Crippen molar-refractivity contribution in [3.05, 3.63) is 69.9 Å². The SMILES string of the molecule is Cc1c(C[C@@H](C(=O)O)N2CCC(c3c(F)ccc(Cl)c3F)=CC2=O)ccc2cn[nH]c12. The molecule has 0 radical (unpaired) electrons.